The van der Waals surface area contributed by atoms with Gasteiger partial charge in [0.05, 0.1) is 17.7 Å². The van der Waals surface area contributed by atoms with Crippen molar-refractivity contribution < 1.29 is 19.7 Å². The molecular formula is C20H22N2O4. The van der Waals surface area contributed by atoms with Crippen molar-refractivity contribution in [1.29, 1.82) is 5.26 Å². The van der Waals surface area contributed by atoms with Crippen LogP contribution in [0.25, 0.3) is 0 Å². The Morgan fingerprint density at radius 1 is 1.23 bits per heavy atom. The van der Waals surface area contributed by atoms with E-state index in [2.05, 4.69) is 5.32 Å². The molecule has 0 aliphatic heterocycles. The zero-order valence-corrected chi connectivity index (χ0v) is 14.6. The lowest BCUT2D eigenvalue weighted by Crippen LogP contribution is -2.30. The minimum absolute atomic E-state index is 0.125. The predicted octanol–water partition coefficient (Wildman–Crippen LogP) is 2.58. The highest BCUT2D eigenvalue weighted by Crippen LogP contribution is 2.23. The smallest absolute Gasteiger partial charge is 0.407 e. The average Bonchev–Trinajstić information content (AvgIpc) is 2.66. The highest BCUT2D eigenvalue weighted by molar-refractivity contribution is 5.67. The molecule has 1 amide bonds. The minimum atomic E-state index is -1.20. The molecule has 2 rings (SSSR count). The van der Waals surface area contributed by atoms with Crippen molar-refractivity contribution >= 4 is 6.09 Å². The number of ether oxygens (including phenoxy) is 1. The molecule has 26 heavy (non-hydrogen) atoms. The normalized spacial score (nSPS) is 12.7. The number of aryl methyl sites for hydroxylation is 1. The molecule has 6 nitrogen and oxygen atoms in total. The first-order valence-corrected chi connectivity index (χ1v) is 8.32. The SMILES string of the molecule is Cc1ccc(C(O)C(O)CCNC(=O)OCc2ccccc2)c(C#N)c1. The fraction of sp³-hybridized carbons (Fsp3) is 0.300. The maximum absolute atomic E-state index is 11.7. The second-order valence-electron chi connectivity index (χ2n) is 5.99. The number of aliphatic hydroxyl groups is 2. The fourth-order valence-corrected chi connectivity index (χ4v) is 2.49. The third-order valence-electron chi connectivity index (χ3n) is 3.93. The lowest BCUT2D eigenvalue weighted by molar-refractivity contribution is 0.0135. The van der Waals surface area contributed by atoms with Gasteiger partial charge in [0.25, 0.3) is 0 Å². The van der Waals surface area contributed by atoms with Gasteiger partial charge in [0.2, 0.25) is 0 Å². The molecule has 0 aromatic heterocycles. The molecule has 0 aliphatic rings. The number of carbonyl (C=O) groups excluding carboxylic acids is 1. The van der Waals surface area contributed by atoms with Crippen LogP contribution in [0.1, 0.15) is 34.8 Å². The van der Waals surface area contributed by atoms with Crippen LogP contribution in [-0.2, 0) is 11.3 Å². The lowest BCUT2D eigenvalue weighted by atomic mass is 9.96. The summed E-state index contributed by atoms with van der Waals surface area (Å²) in [6.45, 7) is 2.14. The molecule has 0 saturated carbocycles. The van der Waals surface area contributed by atoms with E-state index in [-0.39, 0.29) is 19.6 Å². The highest BCUT2D eigenvalue weighted by atomic mass is 16.5. The molecule has 0 fully saturated rings. The molecule has 0 heterocycles. The van der Waals surface area contributed by atoms with Gasteiger partial charge >= 0.3 is 6.09 Å². The van der Waals surface area contributed by atoms with Crippen molar-refractivity contribution in [3.8, 4) is 6.07 Å². The van der Waals surface area contributed by atoms with E-state index in [4.69, 9.17) is 10.00 Å². The molecular weight excluding hydrogens is 332 g/mol. The van der Waals surface area contributed by atoms with Crippen LogP contribution in [0.2, 0.25) is 0 Å². The maximum atomic E-state index is 11.7. The maximum Gasteiger partial charge on any atom is 0.407 e. The number of carbonyl (C=O) groups is 1. The van der Waals surface area contributed by atoms with Crippen molar-refractivity contribution in [2.75, 3.05) is 6.54 Å². The summed E-state index contributed by atoms with van der Waals surface area (Å²) in [7, 11) is 0. The highest BCUT2D eigenvalue weighted by Gasteiger charge is 2.21. The fourth-order valence-electron chi connectivity index (χ4n) is 2.49. The molecule has 0 radical (unpaired) electrons. The van der Waals surface area contributed by atoms with Gasteiger partial charge in [-0.25, -0.2) is 4.79 Å². The van der Waals surface area contributed by atoms with Crippen molar-refractivity contribution in [2.24, 2.45) is 0 Å². The van der Waals surface area contributed by atoms with Crippen LogP contribution in [0.3, 0.4) is 0 Å². The number of hydrogen-bond donors (Lipinski definition) is 3. The number of nitrogens with one attached hydrogen (secondary N) is 1. The van der Waals surface area contributed by atoms with Crippen LogP contribution >= 0.6 is 0 Å². The van der Waals surface area contributed by atoms with Crippen LogP contribution in [0, 0.1) is 18.3 Å². The van der Waals surface area contributed by atoms with Gasteiger partial charge in [-0.3, -0.25) is 0 Å². The van der Waals surface area contributed by atoms with Crippen LogP contribution in [0.15, 0.2) is 48.5 Å². The number of hydrogen-bond acceptors (Lipinski definition) is 5. The molecule has 2 unspecified atom stereocenters. The van der Waals surface area contributed by atoms with E-state index in [1.807, 2.05) is 43.3 Å². The van der Waals surface area contributed by atoms with E-state index in [9.17, 15) is 15.0 Å². The number of nitriles is 1. The summed E-state index contributed by atoms with van der Waals surface area (Å²) in [5, 5.41) is 32.1. The molecule has 2 aromatic rings. The first-order valence-electron chi connectivity index (χ1n) is 8.32. The Hall–Kier alpha value is -2.88. The first-order chi connectivity index (χ1) is 12.5. The first kappa shape index (κ1) is 19.4. The Labute approximate surface area is 152 Å². The minimum Gasteiger partial charge on any atom is -0.445 e. The van der Waals surface area contributed by atoms with Gasteiger partial charge in [-0.05, 0) is 30.5 Å². The van der Waals surface area contributed by atoms with E-state index in [0.717, 1.165) is 11.1 Å². The number of rotatable bonds is 7. The number of amides is 1. The Morgan fingerprint density at radius 2 is 1.96 bits per heavy atom. The zero-order chi connectivity index (χ0) is 18.9. The van der Waals surface area contributed by atoms with Crippen molar-refractivity contribution in [2.45, 2.75) is 32.2 Å². The summed E-state index contributed by atoms with van der Waals surface area (Å²) >= 11 is 0. The van der Waals surface area contributed by atoms with Crippen molar-refractivity contribution in [1.82, 2.24) is 5.32 Å². The van der Waals surface area contributed by atoms with Crippen molar-refractivity contribution in [3.05, 3.63) is 70.8 Å². The molecule has 2 atom stereocenters. The summed E-state index contributed by atoms with van der Waals surface area (Å²) in [5.41, 5.74) is 2.47. The van der Waals surface area contributed by atoms with Crippen molar-refractivity contribution in [3.63, 3.8) is 0 Å². The molecule has 6 heteroatoms. The molecule has 0 spiro atoms. The molecule has 0 saturated heterocycles. The van der Waals surface area contributed by atoms with E-state index >= 15 is 0 Å². The van der Waals surface area contributed by atoms with E-state index in [1.54, 1.807) is 18.2 Å². The lowest BCUT2D eigenvalue weighted by Gasteiger charge is -2.19. The predicted molar refractivity (Wildman–Crippen MR) is 96.1 cm³/mol. The number of alkyl carbamates (subject to hydrolysis) is 1. The number of nitrogens with zero attached hydrogens (tertiary/aromatic N) is 1. The van der Waals surface area contributed by atoms with Gasteiger partial charge in [-0.1, -0.05) is 42.5 Å². The second kappa shape index (κ2) is 9.56. The molecule has 0 bridgehead atoms. The Kier molecular flexibility index (Phi) is 7.15. The monoisotopic (exact) mass is 354 g/mol. The Morgan fingerprint density at radius 3 is 2.65 bits per heavy atom. The summed E-state index contributed by atoms with van der Waals surface area (Å²) in [6, 6.07) is 16.4. The summed E-state index contributed by atoms with van der Waals surface area (Å²) in [6.07, 6.45) is -2.78. The average molecular weight is 354 g/mol. The van der Waals surface area contributed by atoms with Gasteiger partial charge in [0, 0.05) is 12.1 Å². The molecule has 2 aromatic carbocycles. The third kappa shape index (κ3) is 5.59. The van der Waals surface area contributed by atoms with Gasteiger partial charge in [-0.15, -0.1) is 0 Å². The van der Waals surface area contributed by atoms with E-state index in [0.29, 0.717) is 11.1 Å². The topological polar surface area (TPSA) is 103 Å². The van der Waals surface area contributed by atoms with Gasteiger partial charge in [-0.2, -0.15) is 5.26 Å². The van der Waals surface area contributed by atoms with Crippen LogP contribution < -0.4 is 5.32 Å². The largest absolute Gasteiger partial charge is 0.445 e. The Balaban J connectivity index is 1.78. The Bertz CT molecular complexity index is 771. The quantitative estimate of drug-likeness (QED) is 0.709. The second-order valence-corrected chi connectivity index (χ2v) is 5.99. The van der Waals surface area contributed by atoms with E-state index < -0.39 is 18.3 Å². The molecule has 0 aliphatic carbocycles. The summed E-state index contributed by atoms with van der Waals surface area (Å²) in [5.74, 6) is 0. The van der Waals surface area contributed by atoms with Crippen LogP contribution in [0.5, 0.6) is 0 Å². The molecule has 136 valence electrons. The number of benzene rings is 2. The zero-order valence-electron chi connectivity index (χ0n) is 14.6. The van der Waals surface area contributed by atoms with Gasteiger partial charge < -0.3 is 20.3 Å². The summed E-state index contributed by atoms with van der Waals surface area (Å²) in [4.78, 5) is 11.7. The van der Waals surface area contributed by atoms with Crippen LogP contribution in [-0.4, -0.2) is 29.0 Å². The van der Waals surface area contributed by atoms with Gasteiger partial charge in [0.15, 0.2) is 0 Å². The van der Waals surface area contributed by atoms with Crippen LogP contribution in [0.4, 0.5) is 4.79 Å². The number of aliphatic hydroxyl groups excluding tert-OH is 2. The summed E-state index contributed by atoms with van der Waals surface area (Å²) < 4.78 is 5.07. The van der Waals surface area contributed by atoms with E-state index in [1.165, 1.54) is 0 Å². The van der Waals surface area contributed by atoms with Gasteiger partial charge in [0.1, 0.15) is 12.7 Å². The third-order valence-corrected chi connectivity index (χ3v) is 3.93. The standard InChI is InChI=1S/C20H22N2O4/c1-14-7-8-17(16(11-14)12-21)19(24)18(23)9-10-22-20(25)26-13-15-5-3-2-4-6-15/h2-8,11,18-19,23-24H,9-10,13H2,1H3,(H,22,25). The molecule has 3 N–H and O–H groups in total.